The number of aromatic nitrogens is 3. The normalized spacial score (nSPS) is 10.0. The first-order chi connectivity index (χ1) is 8.86. The summed E-state index contributed by atoms with van der Waals surface area (Å²) in [5.41, 5.74) is 0. The van der Waals surface area contributed by atoms with Crippen LogP contribution in [-0.4, -0.2) is 34.2 Å². The topological polar surface area (TPSA) is 79.9 Å². The van der Waals surface area contributed by atoms with Crippen molar-refractivity contribution in [3.63, 3.8) is 0 Å². The fourth-order valence-electron chi connectivity index (χ4n) is 1.38. The summed E-state index contributed by atoms with van der Waals surface area (Å²) in [7, 11) is 0. The summed E-state index contributed by atoms with van der Waals surface area (Å²) in [4.78, 5) is 15.2. The standard InChI is InChI=1S/C12H14N4O2/c17-12(11-14-9-15-16-11)13-7-4-8-18-10-5-2-1-3-6-10/h1-3,5-6,9H,4,7-8H2,(H,13,17)(H,14,15,16). The van der Waals surface area contributed by atoms with Gasteiger partial charge in [-0.15, -0.1) is 0 Å². The predicted molar refractivity (Wildman–Crippen MR) is 65.3 cm³/mol. The first-order valence-electron chi connectivity index (χ1n) is 5.67. The van der Waals surface area contributed by atoms with Crippen LogP contribution in [0.5, 0.6) is 5.75 Å². The highest BCUT2D eigenvalue weighted by molar-refractivity contribution is 5.90. The molecule has 1 aromatic carbocycles. The summed E-state index contributed by atoms with van der Waals surface area (Å²) >= 11 is 0. The molecule has 0 bridgehead atoms. The van der Waals surface area contributed by atoms with Crippen LogP contribution in [0.25, 0.3) is 0 Å². The minimum atomic E-state index is -0.257. The van der Waals surface area contributed by atoms with Crippen molar-refractivity contribution < 1.29 is 9.53 Å². The van der Waals surface area contributed by atoms with Gasteiger partial charge in [0.25, 0.3) is 5.91 Å². The monoisotopic (exact) mass is 246 g/mol. The fraction of sp³-hybridized carbons (Fsp3) is 0.250. The van der Waals surface area contributed by atoms with E-state index in [1.165, 1.54) is 6.33 Å². The van der Waals surface area contributed by atoms with Crippen molar-refractivity contribution in [2.75, 3.05) is 13.2 Å². The Labute approximate surface area is 104 Å². The van der Waals surface area contributed by atoms with Crippen molar-refractivity contribution >= 4 is 5.91 Å². The molecule has 2 rings (SSSR count). The van der Waals surface area contributed by atoms with Crippen molar-refractivity contribution in [1.29, 1.82) is 0 Å². The molecule has 0 radical (unpaired) electrons. The summed E-state index contributed by atoms with van der Waals surface area (Å²) in [5, 5.41) is 8.82. The molecule has 0 aliphatic rings. The van der Waals surface area contributed by atoms with E-state index in [-0.39, 0.29) is 11.7 Å². The molecular weight excluding hydrogens is 232 g/mol. The van der Waals surface area contributed by atoms with Crippen molar-refractivity contribution in [2.45, 2.75) is 6.42 Å². The molecule has 0 saturated heterocycles. The zero-order valence-corrected chi connectivity index (χ0v) is 9.80. The number of para-hydroxylation sites is 1. The first kappa shape index (κ1) is 12.1. The second-order valence-corrected chi connectivity index (χ2v) is 3.61. The number of nitrogens with zero attached hydrogens (tertiary/aromatic N) is 2. The van der Waals surface area contributed by atoms with Crippen LogP contribution in [0.15, 0.2) is 36.7 Å². The lowest BCUT2D eigenvalue weighted by atomic mass is 10.3. The van der Waals surface area contributed by atoms with Crippen molar-refractivity contribution in [3.8, 4) is 5.75 Å². The second-order valence-electron chi connectivity index (χ2n) is 3.61. The first-order valence-corrected chi connectivity index (χ1v) is 5.67. The predicted octanol–water partition coefficient (Wildman–Crippen LogP) is 1.00. The molecule has 0 atom stereocenters. The maximum atomic E-state index is 11.5. The summed E-state index contributed by atoms with van der Waals surface area (Å²) in [6.07, 6.45) is 2.03. The molecule has 6 heteroatoms. The number of aromatic amines is 1. The van der Waals surface area contributed by atoms with Crippen LogP contribution in [0, 0.1) is 0 Å². The number of hydrogen-bond acceptors (Lipinski definition) is 4. The number of hydrogen-bond donors (Lipinski definition) is 2. The highest BCUT2D eigenvalue weighted by Gasteiger charge is 2.06. The van der Waals surface area contributed by atoms with Crippen molar-refractivity contribution in [3.05, 3.63) is 42.5 Å². The van der Waals surface area contributed by atoms with E-state index in [2.05, 4.69) is 20.5 Å². The molecule has 2 N–H and O–H groups in total. The van der Waals surface area contributed by atoms with Gasteiger partial charge in [0.2, 0.25) is 5.82 Å². The quantitative estimate of drug-likeness (QED) is 0.745. The zero-order valence-electron chi connectivity index (χ0n) is 9.80. The van der Waals surface area contributed by atoms with Crippen LogP contribution in [0.1, 0.15) is 17.0 Å². The van der Waals surface area contributed by atoms with E-state index < -0.39 is 0 Å². The van der Waals surface area contributed by atoms with E-state index in [0.29, 0.717) is 13.2 Å². The third-order valence-corrected chi connectivity index (χ3v) is 2.25. The van der Waals surface area contributed by atoms with E-state index in [1.54, 1.807) is 0 Å². The Hall–Kier alpha value is -2.37. The Morgan fingerprint density at radius 1 is 1.33 bits per heavy atom. The maximum absolute atomic E-state index is 11.5. The van der Waals surface area contributed by atoms with Crippen molar-refractivity contribution in [1.82, 2.24) is 20.5 Å². The summed E-state index contributed by atoms with van der Waals surface area (Å²) < 4.78 is 5.49. The Morgan fingerprint density at radius 3 is 2.89 bits per heavy atom. The van der Waals surface area contributed by atoms with Crippen LogP contribution in [0.4, 0.5) is 0 Å². The molecule has 0 aliphatic heterocycles. The van der Waals surface area contributed by atoms with Gasteiger partial charge in [-0.1, -0.05) is 18.2 Å². The SMILES string of the molecule is O=C(NCCCOc1ccccc1)c1ncn[nH]1. The third-order valence-electron chi connectivity index (χ3n) is 2.25. The summed E-state index contributed by atoms with van der Waals surface area (Å²) in [5.74, 6) is 0.797. The van der Waals surface area contributed by atoms with Gasteiger partial charge < -0.3 is 10.1 Å². The van der Waals surface area contributed by atoms with Gasteiger partial charge in [0.1, 0.15) is 12.1 Å². The van der Waals surface area contributed by atoms with Crippen LogP contribution >= 0.6 is 0 Å². The molecule has 0 unspecified atom stereocenters. The fourth-order valence-corrected chi connectivity index (χ4v) is 1.38. The van der Waals surface area contributed by atoms with E-state index in [1.807, 2.05) is 30.3 Å². The van der Waals surface area contributed by atoms with Gasteiger partial charge in [-0.25, -0.2) is 4.98 Å². The molecule has 1 amide bonds. The molecule has 6 nitrogen and oxygen atoms in total. The van der Waals surface area contributed by atoms with Gasteiger partial charge in [-0.2, -0.15) is 5.10 Å². The number of amides is 1. The summed E-state index contributed by atoms with van der Waals surface area (Å²) in [6.45, 7) is 1.09. The highest BCUT2D eigenvalue weighted by Crippen LogP contribution is 2.07. The van der Waals surface area contributed by atoms with Crippen LogP contribution < -0.4 is 10.1 Å². The molecule has 0 aliphatic carbocycles. The molecule has 1 aromatic heterocycles. The van der Waals surface area contributed by atoms with Gasteiger partial charge in [-0.3, -0.25) is 9.89 Å². The Balaban J connectivity index is 1.61. The molecule has 94 valence electrons. The smallest absolute Gasteiger partial charge is 0.288 e. The van der Waals surface area contributed by atoms with E-state index in [9.17, 15) is 4.79 Å². The number of carbonyl (C=O) groups is 1. The Morgan fingerprint density at radius 2 is 2.17 bits per heavy atom. The molecule has 0 fully saturated rings. The largest absolute Gasteiger partial charge is 0.494 e. The zero-order chi connectivity index (χ0) is 12.6. The van der Waals surface area contributed by atoms with Gasteiger partial charge in [0.05, 0.1) is 6.61 Å². The number of rotatable bonds is 6. The average molecular weight is 246 g/mol. The molecule has 0 saturated carbocycles. The van der Waals surface area contributed by atoms with Crippen LogP contribution in [0.3, 0.4) is 0 Å². The van der Waals surface area contributed by atoms with Gasteiger partial charge in [-0.05, 0) is 18.6 Å². The van der Waals surface area contributed by atoms with Crippen LogP contribution in [-0.2, 0) is 0 Å². The average Bonchev–Trinajstić information content (AvgIpc) is 2.93. The van der Waals surface area contributed by atoms with Gasteiger partial charge in [0, 0.05) is 6.54 Å². The Bertz CT molecular complexity index is 470. The second kappa shape index (κ2) is 6.39. The highest BCUT2D eigenvalue weighted by atomic mass is 16.5. The van der Waals surface area contributed by atoms with Crippen LogP contribution in [0.2, 0.25) is 0 Å². The molecule has 2 aromatic rings. The number of nitrogens with one attached hydrogen (secondary N) is 2. The summed E-state index contributed by atoms with van der Waals surface area (Å²) in [6, 6.07) is 9.56. The molecule has 0 spiro atoms. The lowest BCUT2D eigenvalue weighted by Gasteiger charge is -2.06. The van der Waals surface area contributed by atoms with E-state index in [0.717, 1.165) is 12.2 Å². The Kier molecular flexibility index (Phi) is 4.29. The van der Waals surface area contributed by atoms with Crippen molar-refractivity contribution in [2.24, 2.45) is 0 Å². The number of H-pyrrole nitrogens is 1. The molecule has 18 heavy (non-hydrogen) atoms. The lowest BCUT2D eigenvalue weighted by Crippen LogP contribution is -2.26. The van der Waals surface area contributed by atoms with Gasteiger partial charge >= 0.3 is 0 Å². The minimum absolute atomic E-state index is 0.221. The lowest BCUT2D eigenvalue weighted by molar-refractivity contribution is 0.0941. The minimum Gasteiger partial charge on any atom is -0.494 e. The van der Waals surface area contributed by atoms with E-state index in [4.69, 9.17) is 4.74 Å². The maximum Gasteiger partial charge on any atom is 0.288 e. The molecule has 1 heterocycles. The van der Waals surface area contributed by atoms with Gasteiger partial charge in [0.15, 0.2) is 0 Å². The number of carbonyl (C=O) groups excluding carboxylic acids is 1. The number of benzene rings is 1. The van der Waals surface area contributed by atoms with E-state index >= 15 is 0 Å². The third kappa shape index (κ3) is 3.58. The number of ether oxygens (including phenoxy) is 1. The molecular formula is C12H14N4O2.